The van der Waals surface area contributed by atoms with Crippen molar-refractivity contribution in [3.05, 3.63) is 42.2 Å². The lowest BCUT2D eigenvalue weighted by Gasteiger charge is -2.19. The molecule has 0 radical (unpaired) electrons. The molecule has 0 saturated carbocycles. The average Bonchev–Trinajstić information content (AvgIpc) is 3.40. The number of rotatable bonds is 5. The summed E-state index contributed by atoms with van der Waals surface area (Å²) in [5, 5.41) is 14.2. The van der Waals surface area contributed by atoms with Gasteiger partial charge in [0.1, 0.15) is 5.82 Å². The molecule has 1 fully saturated rings. The van der Waals surface area contributed by atoms with Gasteiger partial charge in [-0.1, -0.05) is 30.3 Å². The Morgan fingerprint density at radius 2 is 1.62 bits per heavy atom. The number of hydrogen-bond donors (Lipinski definition) is 3. The van der Waals surface area contributed by atoms with E-state index in [2.05, 4.69) is 34.0 Å². The van der Waals surface area contributed by atoms with Crippen LogP contribution in [0.3, 0.4) is 0 Å². The Kier molecular flexibility index (Phi) is 11.0. The van der Waals surface area contributed by atoms with E-state index in [4.69, 9.17) is 24.5 Å². The number of nitrogens with one attached hydrogen (secondary N) is 1. The molecule has 1 aliphatic rings. The maximum atomic E-state index is 10.6. The van der Waals surface area contributed by atoms with Crippen molar-refractivity contribution in [1.82, 2.24) is 14.9 Å². The van der Waals surface area contributed by atoms with Crippen molar-refractivity contribution in [3.8, 4) is 11.4 Å². The van der Waals surface area contributed by atoms with Crippen molar-refractivity contribution < 1.29 is 50.9 Å². The van der Waals surface area contributed by atoms with Crippen LogP contribution >= 0.6 is 0 Å². The van der Waals surface area contributed by atoms with Crippen molar-refractivity contribution in [2.24, 2.45) is 0 Å². The van der Waals surface area contributed by atoms with Gasteiger partial charge >= 0.3 is 24.3 Å². The van der Waals surface area contributed by atoms with Crippen molar-refractivity contribution in [2.45, 2.75) is 37.8 Å². The highest BCUT2D eigenvalue weighted by Crippen LogP contribution is 2.17. The van der Waals surface area contributed by atoms with E-state index in [1.807, 2.05) is 24.4 Å². The minimum absolute atomic E-state index is 0.400. The number of aromatic amines is 1. The van der Waals surface area contributed by atoms with Crippen LogP contribution in [0.4, 0.5) is 26.3 Å². The molecule has 2 heterocycles. The summed E-state index contributed by atoms with van der Waals surface area (Å²) in [5.41, 5.74) is 2.27. The van der Waals surface area contributed by atoms with Gasteiger partial charge in [-0.25, -0.2) is 14.6 Å². The molecular formula is C20H23F6N3O5. The highest BCUT2D eigenvalue weighted by Gasteiger charge is 2.38. The second-order valence-electron chi connectivity index (χ2n) is 7.06. The summed E-state index contributed by atoms with van der Waals surface area (Å²) in [6.07, 6.45) is -5.46. The van der Waals surface area contributed by atoms with E-state index in [-0.39, 0.29) is 0 Å². The lowest BCUT2D eigenvalue weighted by molar-refractivity contribution is -0.193. The van der Waals surface area contributed by atoms with Gasteiger partial charge in [0, 0.05) is 37.2 Å². The van der Waals surface area contributed by atoms with Crippen molar-refractivity contribution in [3.63, 3.8) is 0 Å². The monoisotopic (exact) mass is 499 g/mol. The minimum Gasteiger partial charge on any atom is -0.475 e. The molecule has 3 rings (SSSR count). The number of likely N-dealkylation sites (N-methyl/N-ethyl adjacent to an activating group) is 1. The lowest BCUT2D eigenvalue weighted by atomic mass is 10.2. The molecule has 1 aromatic heterocycles. The Morgan fingerprint density at radius 3 is 2.06 bits per heavy atom. The molecule has 1 atom stereocenters. The van der Waals surface area contributed by atoms with Crippen LogP contribution in [0.1, 0.15) is 18.5 Å². The van der Waals surface area contributed by atoms with Crippen molar-refractivity contribution >= 4 is 11.9 Å². The normalized spacial score (nSPS) is 15.7. The van der Waals surface area contributed by atoms with Gasteiger partial charge < -0.3 is 19.9 Å². The van der Waals surface area contributed by atoms with Crippen LogP contribution in [-0.2, 0) is 20.9 Å². The van der Waals surface area contributed by atoms with Crippen LogP contribution in [0, 0.1) is 0 Å². The molecule has 0 aliphatic carbocycles. The molecule has 0 spiro atoms. The Hall–Kier alpha value is -3.13. The molecule has 1 saturated heterocycles. The predicted molar refractivity (Wildman–Crippen MR) is 107 cm³/mol. The van der Waals surface area contributed by atoms with Gasteiger partial charge in [-0.2, -0.15) is 26.3 Å². The summed E-state index contributed by atoms with van der Waals surface area (Å²) >= 11 is 0. The summed E-state index contributed by atoms with van der Waals surface area (Å²) in [7, 11) is 2.13. The number of nitrogens with zero attached hydrogens (tertiary/aromatic N) is 2. The Morgan fingerprint density at radius 1 is 1.09 bits per heavy atom. The smallest absolute Gasteiger partial charge is 0.475 e. The van der Waals surface area contributed by atoms with E-state index in [1.165, 1.54) is 12.8 Å². The van der Waals surface area contributed by atoms with Crippen molar-refractivity contribution in [1.29, 1.82) is 0 Å². The van der Waals surface area contributed by atoms with Gasteiger partial charge in [0.2, 0.25) is 0 Å². The van der Waals surface area contributed by atoms with E-state index in [9.17, 15) is 26.3 Å². The Bertz CT molecular complexity index is 872. The molecule has 1 unspecified atom stereocenters. The number of halogens is 6. The topological polar surface area (TPSA) is 116 Å². The molecule has 34 heavy (non-hydrogen) atoms. The van der Waals surface area contributed by atoms with Crippen LogP contribution in [0.2, 0.25) is 0 Å². The van der Waals surface area contributed by atoms with Crippen LogP contribution in [0.15, 0.2) is 36.5 Å². The van der Waals surface area contributed by atoms with Crippen LogP contribution < -0.4 is 0 Å². The SMILES string of the molecule is CN(Cc1cnc(-c2ccccc2)[nH]1)CC1CCCO1.O=C(O)C(F)(F)F.O=C(O)C(F)(F)F. The average molecular weight is 499 g/mol. The number of hydrogen-bond acceptors (Lipinski definition) is 5. The standard InChI is InChI=1S/C16H21N3O.2C2HF3O2/c1-19(12-15-8-5-9-20-15)11-14-10-17-16(18-14)13-6-3-2-4-7-13;2*3-2(4,5)1(6)7/h2-4,6-7,10,15H,5,8-9,11-12H2,1H3,(H,17,18);2*(H,6,7). The number of aromatic nitrogens is 2. The molecular weight excluding hydrogens is 476 g/mol. The number of H-pyrrole nitrogens is 1. The highest BCUT2D eigenvalue weighted by molar-refractivity contribution is 5.73. The van der Waals surface area contributed by atoms with Crippen molar-refractivity contribution in [2.75, 3.05) is 20.2 Å². The number of alkyl halides is 6. The molecule has 1 aromatic carbocycles. The number of carbonyl (C=O) groups is 2. The first kappa shape index (κ1) is 28.9. The fraction of sp³-hybridized carbons (Fsp3) is 0.450. The van der Waals surface area contributed by atoms with E-state index in [0.717, 1.165) is 36.8 Å². The van der Waals surface area contributed by atoms with E-state index < -0.39 is 24.3 Å². The van der Waals surface area contributed by atoms with Crippen LogP contribution in [0.25, 0.3) is 11.4 Å². The van der Waals surface area contributed by atoms with Crippen LogP contribution in [-0.4, -0.2) is 75.7 Å². The fourth-order valence-corrected chi connectivity index (χ4v) is 2.67. The molecule has 0 bridgehead atoms. The molecule has 1 aliphatic heterocycles. The summed E-state index contributed by atoms with van der Waals surface area (Å²) in [6.45, 7) is 2.78. The van der Waals surface area contributed by atoms with Crippen LogP contribution in [0.5, 0.6) is 0 Å². The van der Waals surface area contributed by atoms with Gasteiger partial charge in [-0.15, -0.1) is 0 Å². The second-order valence-corrected chi connectivity index (χ2v) is 7.06. The summed E-state index contributed by atoms with van der Waals surface area (Å²) in [4.78, 5) is 27.9. The third kappa shape index (κ3) is 11.1. The quantitative estimate of drug-likeness (QED) is 0.534. The molecule has 8 nitrogen and oxygen atoms in total. The maximum absolute atomic E-state index is 10.6. The molecule has 14 heteroatoms. The molecule has 3 N–H and O–H groups in total. The van der Waals surface area contributed by atoms with E-state index in [0.29, 0.717) is 6.10 Å². The first-order chi connectivity index (χ1) is 15.7. The first-order valence-corrected chi connectivity index (χ1v) is 9.69. The Balaban J connectivity index is 0.000000343. The number of imidazole rings is 1. The Labute approximate surface area is 190 Å². The number of benzene rings is 1. The lowest BCUT2D eigenvalue weighted by Crippen LogP contribution is -2.28. The number of carboxylic acid groups (broad SMARTS) is 2. The van der Waals surface area contributed by atoms with E-state index in [1.54, 1.807) is 0 Å². The third-order valence-electron chi connectivity index (χ3n) is 4.14. The second kappa shape index (κ2) is 12.9. The van der Waals surface area contributed by atoms with Gasteiger partial charge in [-0.05, 0) is 19.9 Å². The summed E-state index contributed by atoms with van der Waals surface area (Å²) < 4.78 is 69.1. The minimum atomic E-state index is -5.08. The largest absolute Gasteiger partial charge is 0.490 e. The van der Waals surface area contributed by atoms with Gasteiger partial charge in [-0.3, -0.25) is 4.90 Å². The first-order valence-electron chi connectivity index (χ1n) is 9.69. The number of ether oxygens (including phenoxy) is 1. The van der Waals surface area contributed by atoms with Gasteiger partial charge in [0.05, 0.1) is 6.10 Å². The van der Waals surface area contributed by atoms with E-state index >= 15 is 0 Å². The fourth-order valence-electron chi connectivity index (χ4n) is 2.67. The zero-order valence-electron chi connectivity index (χ0n) is 17.9. The zero-order valence-corrected chi connectivity index (χ0v) is 17.9. The number of aliphatic carboxylic acids is 2. The van der Waals surface area contributed by atoms with Gasteiger partial charge in [0.15, 0.2) is 0 Å². The summed E-state index contributed by atoms with van der Waals surface area (Å²) in [5.74, 6) is -4.58. The maximum Gasteiger partial charge on any atom is 0.490 e. The molecule has 2 aromatic rings. The molecule has 0 amide bonds. The summed E-state index contributed by atoms with van der Waals surface area (Å²) in [6, 6.07) is 10.2. The predicted octanol–water partition coefficient (Wildman–Crippen LogP) is 3.95. The van der Waals surface area contributed by atoms with Gasteiger partial charge in [0.25, 0.3) is 0 Å². The zero-order chi connectivity index (χ0) is 25.9. The number of carboxylic acids is 2. The highest BCUT2D eigenvalue weighted by atomic mass is 19.4. The third-order valence-corrected chi connectivity index (χ3v) is 4.14. The molecule has 190 valence electrons.